The number of hydrogen-bond donors (Lipinski definition) is 1. The Morgan fingerprint density at radius 2 is 1.12 bits per heavy atom. The summed E-state index contributed by atoms with van der Waals surface area (Å²) in [5.74, 6) is -1.75. The van der Waals surface area contributed by atoms with Crippen molar-refractivity contribution in [2.24, 2.45) is 22.2 Å². The van der Waals surface area contributed by atoms with Crippen molar-refractivity contribution < 1.29 is 43.2 Å². The third-order valence-electron chi connectivity index (χ3n) is 13.0. The molecular formula is C47H85NO9. The van der Waals surface area contributed by atoms with E-state index in [1.165, 1.54) is 44.9 Å². The first-order chi connectivity index (χ1) is 27.0. The van der Waals surface area contributed by atoms with Crippen LogP contribution in [0.25, 0.3) is 0 Å². The van der Waals surface area contributed by atoms with Crippen molar-refractivity contribution >= 4 is 23.9 Å². The molecule has 0 aliphatic heterocycles. The molecule has 0 aliphatic rings. The number of carbonyl (C=O) groups is 4. The summed E-state index contributed by atoms with van der Waals surface area (Å²) in [6, 6.07) is 2.50. The van der Waals surface area contributed by atoms with Crippen LogP contribution in [-0.2, 0) is 38.1 Å². The molecule has 10 heteroatoms. The minimum atomic E-state index is -1.01. The van der Waals surface area contributed by atoms with Crippen LogP contribution in [0.15, 0.2) is 0 Å². The fourth-order valence-corrected chi connectivity index (χ4v) is 7.47. The highest BCUT2D eigenvalue weighted by atomic mass is 16.6. The van der Waals surface area contributed by atoms with Crippen molar-refractivity contribution in [1.82, 2.24) is 0 Å². The molecule has 0 aromatic rings. The topological polar surface area (TPSA) is 149 Å². The first-order valence-electron chi connectivity index (χ1n) is 22.7. The van der Waals surface area contributed by atoms with Crippen molar-refractivity contribution in [3.8, 4) is 6.07 Å². The van der Waals surface area contributed by atoms with Gasteiger partial charge in [0.25, 0.3) is 0 Å². The lowest BCUT2D eigenvalue weighted by atomic mass is 9.55. The van der Waals surface area contributed by atoms with E-state index in [-0.39, 0.29) is 63.4 Å². The zero-order chi connectivity index (χ0) is 43.4. The minimum Gasteiger partial charge on any atom is -0.462 e. The molecule has 5 unspecified atom stereocenters. The number of esters is 4. The molecule has 10 nitrogen and oxygen atoms in total. The standard InChI is InChI=1S/C47H85NO9/c1-11-16-18-19-20-21-22-23-24-25-27-29-42(52)56-39(34-54-40(50)28-26-17-12-2)35-55-41(51)30-31-45(8,37-48)44(7,14-4)36-47(10,38(6)13-3)43(53)57-46(9,15-5)32-33-49/h38-39,49H,11-36H2,1-10H3/t38?,39-,44?,45?,46?,47?/m1/s1. The Morgan fingerprint density at radius 3 is 1.60 bits per heavy atom. The van der Waals surface area contributed by atoms with E-state index in [9.17, 15) is 29.5 Å². The smallest absolute Gasteiger partial charge is 0.312 e. The zero-order valence-electron chi connectivity index (χ0n) is 38.2. The van der Waals surface area contributed by atoms with E-state index in [0.717, 1.165) is 38.5 Å². The highest BCUT2D eigenvalue weighted by Gasteiger charge is 2.52. The van der Waals surface area contributed by atoms with Crippen molar-refractivity contribution in [2.75, 3.05) is 19.8 Å². The quantitative estimate of drug-likeness (QED) is 0.0372. The largest absolute Gasteiger partial charge is 0.462 e. The Labute approximate surface area is 348 Å². The molecule has 332 valence electrons. The predicted molar refractivity (Wildman–Crippen MR) is 227 cm³/mol. The summed E-state index contributed by atoms with van der Waals surface area (Å²) in [7, 11) is 0. The number of unbranched alkanes of at least 4 members (excludes halogenated alkanes) is 12. The zero-order valence-corrected chi connectivity index (χ0v) is 38.2. The molecule has 0 spiro atoms. The van der Waals surface area contributed by atoms with Crippen LogP contribution in [0, 0.1) is 33.5 Å². The predicted octanol–water partition coefficient (Wildman–Crippen LogP) is 11.5. The highest BCUT2D eigenvalue weighted by Crippen LogP contribution is 2.54. The monoisotopic (exact) mass is 808 g/mol. The first kappa shape index (κ1) is 54.3. The molecule has 0 radical (unpaired) electrons. The van der Waals surface area contributed by atoms with Crippen molar-refractivity contribution in [3.05, 3.63) is 0 Å². The Bertz CT molecular complexity index is 1190. The van der Waals surface area contributed by atoms with Crippen LogP contribution in [0.5, 0.6) is 0 Å². The third kappa shape index (κ3) is 20.7. The molecule has 0 bridgehead atoms. The Hall–Kier alpha value is -2.67. The van der Waals surface area contributed by atoms with E-state index < -0.39 is 39.9 Å². The van der Waals surface area contributed by atoms with E-state index >= 15 is 0 Å². The van der Waals surface area contributed by atoms with E-state index in [1.807, 2.05) is 55.4 Å². The number of hydrogen-bond acceptors (Lipinski definition) is 10. The maximum atomic E-state index is 14.0. The van der Waals surface area contributed by atoms with Gasteiger partial charge in [-0.1, -0.05) is 132 Å². The molecule has 57 heavy (non-hydrogen) atoms. The number of aliphatic hydroxyl groups excluding tert-OH is 1. The van der Waals surface area contributed by atoms with Gasteiger partial charge in [0, 0.05) is 32.3 Å². The number of carbonyl (C=O) groups excluding carboxylic acids is 4. The SMILES string of the molecule is CCCCCCCCCCCCCC(=O)O[C@H](COC(=O)CCCCC)COC(=O)CCC(C)(C#N)C(C)(CC)CC(C)(C(=O)OC(C)(CC)CCO)C(C)CC. The molecule has 1 N–H and O–H groups in total. The van der Waals surface area contributed by atoms with E-state index in [1.54, 1.807) is 0 Å². The summed E-state index contributed by atoms with van der Waals surface area (Å²) in [5.41, 5.74) is -3.43. The third-order valence-corrected chi connectivity index (χ3v) is 13.0. The Kier molecular flexibility index (Phi) is 28.1. The summed E-state index contributed by atoms with van der Waals surface area (Å²) in [6.45, 7) is 19.3. The molecule has 0 heterocycles. The molecular weight excluding hydrogens is 723 g/mol. The van der Waals surface area contributed by atoms with Gasteiger partial charge in [-0.15, -0.1) is 0 Å². The van der Waals surface area contributed by atoms with Crippen LogP contribution in [0.3, 0.4) is 0 Å². The van der Waals surface area contributed by atoms with Crippen LogP contribution >= 0.6 is 0 Å². The van der Waals surface area contributed by atoms with Crippen molar-refractivity contribution in [1.29, 1.82) is 5.26 Å². The summed E-state index contributed by atoms with van der Waals surface area (Å²) in [4.78, 5) is 52.4. The molecule has 0 aromatic carbocycles. The number of rotatable bonds is 35. The van der Waals surface area contributed by atoms with Gasteiger partial charge < -0.3 is 24.1 Å². The van der Waals surface area contributed by atoms with Gasteiger partial charge in [0.1, 0.15) is 18.8 Å². The van der Waals surface area contributed by atoms with Gasteiger partial charge >= 0.3 is 23.9 Å². The summed E-state index contributed by atoms with van der Waals surface area (Å²) >= 11 is 0. The van der Waals surface area contributed by atoms with Gasteiger partial charge in [0.05, 0.1) is 16.9 Å². The van der Waals surface area contributed by atoms with Gasteiger partial charge in [-0.05, 0) is 70.6 Å². The van der Waals surface area contributed by atoms with E-state index in [2.05, 4.69) is 19.9 Å². The van der Waals surface area contributed by atoms with Gasteiger partial charge in [-0.2, -0.15) is 5.26 Å². The normalized spacial score (nSPS) is 16.7. The van der Waals surface area contributed by atoms with E-state index in [0.29, 0.717) is 38.5 Å². The average Bonchev–Trinajstić information content (AvgIpc) is 3.19. The Morgan fingerprint density at radius 1 is 0.649 bits per heavy atom. The number of ether oxygens (including phenoxy) is 4. The molecule has 0 saturated carbocycles. The number of nitrogens with zero attached hydrogens (tertiary/aromatic N) is 1. The first-order valence-corrected chi connectivity index (χ1v) is 22.7. The molecule has 0 saturated heterocycles. The van der Waals surface area contributed by atoms with Gasteiger partial charge in [-0.3, -0.25) is 19.2 Å². The maximum Gasteiger partial charge on any atom is 0.312 e. The second kappa shape index (κ2) is 29.5. The van der Waals surface area contributed by atoms with Crippen molar-refractivity contribution in [3.63, 3.8) is 0 Å². The van der Waals surface area contributed by atoms with Crippen LogP contribution in [0.4, 0.5) is 0 Å². The van der Waals surface area contributed by atoms with Crippen LogP contribution in [0.1, 0.15) is 217 Å². The summed E-state index contributed by atoms with van der Waals surface area (Å²) in [5, 5.41) is 20.3. The van der Waals surface area contributed by atoms with Gasteiger partial charge in [0.15, 0.2) is 6.10 Å². The molecule has 0 fully saturated rings. The van der Waals surface area contributed by atoms with Gasteiger partial charge in [-0.25, -0.2) is 0 Å². The molecule has 0 rings (SSSR count). The fourth-order valence-electron chi connectivity index (χ4n) is 7.47. The van der Waals surface area contributed by atoms with E-state index in [4.69, 9.17) is 18.9 Å². The molecule has 6 atom stereocenters. The number of nitriles is 1. The van der Waals surface area contributed by atoms with Crippen molar-refractivity contribution in [2.45, 2.75) is 229 Å². The highest BCUT2D eigenvalue weighted by molar-refractivity contribution is 5.77. The summed E-state index contributed by atoms with van der Waals surface area (Å²) < 4.78 is 22.8. The van der Waals surface area contributed by atoms with Gasteiger partial charge in [0.2, 0.25) is 0 Å². The molecule has 0 aromatic heterocycles. The maximum absolute atomic E-state index is 14.0. The lowest BCUT2D eigenvalue weighted by molar-refractivity contribution is -0.179. The van der Waals surface area contributed by atoms with Crippen LogP contribution in [0.2, 0.25) is 0 Å². The lowest BCUT2D eigenvalue weighted by Crippen LogP contribution is -2.48. The van der Waals surface area contributed by atoms with Crippen LogP contribution in [-0.4, -0.2) is 60.5 Å². The Balaban J connectivity index is 5.57. The second-order valence-electron chi connectivity index (χ2n) is 17.6. The van der Waals surface area contributed by atoms with Crippen LogP contribution < -0.4 is 0 Å². The fraction of sp³-hybridized carbons (Fsp3) is 0.894. The second-order valence-corrected chi connectivity index (χ2v) is 17.6. The summed E-state index contributed by atoms with van der Waals surface area (Å²) in [6.07, 6.45) is 17.7. The minimum absolute atomic E-state index is 0.0608. The molecule has 0 amide bonds. The lowest BCUT2D eigenvalue weighted by Gasteiger charge is -2.48. The number of aliphatic hydroxyl groups is 1. The molecule has 0 aliphatic carbocycles. The average molecular weight is 808 g/mol.